The van der Waals surface area contributed by atoms with E-state index in [9.17, 15) is 9.59 Å². The van der Waals surface area contributed by atoms with Crippen molar-refractivity contribution in [1.29, 1.82) is 0 Å². The molecule has 0 fully saturated rings. The number of carbonyl (C=O) groups excluding carboxylic acids is 2. The molecule has 5 N–H and O–H groups in total. The highest BCUT2D eigenvalue weighted by Crippen LogP contribution is 2.30. The molecule has 1 aromatic carbocycles. The molecule has 0 unspecified atom stereocenters. The molecule has 0 radical (unpaired) electrons. The summed E-state index contributed by atoms with van der Waals surface area (Å²) in [5.41, 5.74) is 13.5. The number of carbonyl (C=O) groups is 2. The molecule has 20 heavy (non-hydrogen) atoms. The molecule has 0 saturated heterocycles. The van der Waals surface area contributed by atoms with Crippen LogP contribution in [-0.4, -0.2) is 11.8 Å². The number of hydrogen-bond donors (Lipinski definition) is 3. The summed E-state index contributed by atoms with van der Waals surface area (Å²) >= 11 is 1.06. The number of nitrogens with two attached hydrogens (primary N) is 2. The lowest BCUT2D eigenvalue weighted by molar-refractivity contribution is 0.100. The van der Waals surface area contributed by atoms with Crippen molar-refractivity contribution in [2.45, 2.75) is 13.8 Å². The molecule has 104 valence electrons. The number of hydrogen-bond acceptors (Lipinski definition) is 4. The molecule has 1 heterocycles. The number of primary amides is 1. The average molecular weight is 289 g/mol. The molecule has 2 rings (SSSR count). The molecule has 0 saturated carbocycles. The molecule has 0 aliphatic heterocycles. The molecule has 0 spiro atoms. The van der Waals surface area contributed by atoms with Crippen LogP contribution in [0.4, 0.5) is 10.7 Å². The average Bonchev–Trinajstić information content (AvgIpc) is 2.67. The smallest absolute Gasteiger partial charge is 0.266 e. The third-order valence-corrected chi connectivity index (χ3v) is 4.06. The molecule has 2 amide bonds. The third-order valence-electron chi connectivity index (χ3n) is 2.94. The lowest BCUT2D eigenvalue weighted by Crippen LogP contribution is -2.15. The summed E-state index contributed by atoms with van der Waals surface area (Å²) in [5.74, 6) is -0.916. The minimum Gasteiger partial charge on any atom is -0.390 e. The summed E-state index contributed by atoms with van der Waals surface area (Å²) in [7, 11) is 0. The Morgan fingerprint density at radius 1 is 1.15 bits per heavy atom. The van der Waals surface area contributed by atoms with Gasteiger partial charge in [0.2, 0.25) is 0 Å². The molecule has 0 bridgehead atoms. The van der Waals surface area contributed by atoms with Crippen LogP contribution < -0.4 is 16.8 Å². The zero-order valence-electron chi connectivity index (χ0n) is 11.2. The van der Waals surface area contributed by atoms with Crippen LogP contribution in [-0.2, 0) is 0 Å². The van der Waals surface area contributed by atoms with Gasteiger partial charge in [0.25, 0.3) is 11.8 Å². The van der Waals surface area contributed by atoms with E-state index in [0.29, 0.717) is 16.1 Å². The highest BCUT2D eigenvalue weighted by atomic mass is 32.1. The minimum atomic E-state index is -0.620. The van der Waals surface area contributed by atoms with Gasteiger partial charge in [0, 0.05) is 5.69 Å². The van der Waals surface area contributed by atoms with Crippen LogP contribution in [0, 0.1) is 13.8 Å². The van der Waals surface area contributed by atoms with Gasteiger partial charge in [0.15, 0.2) is 0 Å². The van der Waals surface area contributed by atoms with E-state index in [1.54, 1.807) is 6.92 Å². The summed E-state index contributed by atoms with van der Waals surface area (Å²) in [6, 6.07) is 7.43. The number of aryl methyl sites for hydroxylation is 1. The van der Waals surface area contributed by atoms with E-state index < -0.39 is 5.91 Å². The fraction of sp³-hybridized carbons (Fsp3) is 0.143. The number of amides is 2. The number of rotatable bonds is 3. The van der Waals surface area contributed by atoms with Crippen molar-refractivity contribution in [3.63, 3.8) is 0 Å². The van der Waals surface area contributed by atoms with E-state index >= 15 is 0 Å². The molecular weight excluding hydrogens is 274 g/mol. The van der Waals surface area contributed by atoms with E-state index in [2.05, 4.69) is 5.32 Å². The molecule has 5 nitrogen and oxygen atoms in total. The maximum absolute atomic E-state index is 12.2. The maximum atomic E-state index is 12.2. The van der Waals surface area contributed by atoms with Gasteiger partial charge in [0.1, 0.15) is 0 Å². The third kappa shape index (κ3) is 2.65. The molecular formula is C14H15N3O2S. The van der Waals surface area contributed by atoms with Crippen LogP contribution in [0.15, 0.2) is 24.3 Å². The van der Waals surface area contributed by atoms with Gasteiger partial charge in [-0.3, -0.25) is 9.59 Å². The topological polar surface area (TPSA) is 98.2 Å². The first-order chi connectivity index (χ1) is 9.40. The predicted octanol–water partition coefficient (Wildman–Crippen LogP) is 2.30. The van der Waals surface area contributed by atoms with Gasteiger partial charge in [-0.15, -0.1) is 11.3 Å². The Morgan fingerprint density at radius 2 is 1.75 bits per heavy atom. The van der Waals surface area contributed by atoms with Crippen LogP contribution in [0.2, 0.25) is 0 Å². The van der Waals surface area contributed by atoms with Crippen molar-refractivity contribution in [2.24, 2.45) is 5.73 Å². The Labute approximate surface area is 120 Å². The second-order valence-corrected chi connectivity index (χ2v) is 5.53. The van der Waals surface area contributed by atoms with Crippen LogP contribution >= 0.6 is 11.3 Å². The molecule has 6 heteroatoms. The summed E-state index contributed by atoms with van der Waals surface area (Å²) in [4.78, 5) is 23.9. The number of nitrogen functional groups attached to an aromatic ring is 1. The first-order valence-electron chi connectivity index (χ1n) is 5.97. The summed E-state index contributed by atoms with van der Waals surface area (Å²) in [6.45, 7) is 3.63. The summed E-state index contributed by atoms with van der Waals surface area (Å²) in [5, 5.41) is 3.04. The van der Waals surface area contributed by atoms with Gasteiger partial charge < -0.3 is 16.8 Å². The van der Waals surface area contributed by atoms with Crippen molar-refractivity contribution in [3.8, 4) is 0 Å². The fourth-order valence-electron chi connectivity index (χ4n) is 1.88. The molecule has 0 atom stereocenters. The van der Waals surface area contributed by atoms with E-state index in [1.165, 1.54) is 0 Å². The highest BCUT2D eigenvalue weighted by Gasteiger charge is 2.21. The second-order valence-electron chi connectivity index (χ2n) is 4.48. The van der Waals surface area contributed by atoms with Crippen molar-refractivity contribution < 1.29 is 9.59 Å². The minimum absolute atomic E-state index is 0.226. The van der Waals surface area contributed by atoms with Crippen LogP contribution in [0.3, 0.4) is 0 Å². The monoisotopic (exact) mass is 289 g/mol. The van der Waals surface area contributed by atoms with Gasteiger partial charge in [-0.25, -0.2) is 0 Å². The van der Waals surface area contributed by atoms with Crippen molar-refractivity contribution >= 4 is 33.8 Å². The van der Waals surface area contributed by atoms with Crippen molar-refractivity contribution in [3.05, 3.63) is 45.8 Å². The second kappa shape index (κ2) is 5.34. The summed E-state index contributed by atoms with van der Waals surface area (Å²) in [6.07, 6.45) is 0. The number of benzene rings is 1. The van der Waals surface area contributed by atoms with E-state index in [4.69, 9.17) is 11.5 Å². The standard InChI is InChI=1S/C14H15N3O2S/c1-7-3-5-9(6-4-7)17-14(19)11-8(2)10(12(15)18)13(16)20-11/h3-6H,16H2,1-2H3,(H2,15,18)(H,17,19). The SMILES string of the molecule is Cc1ccc(NC(=O)c2sc(N)c(C(N)=O)c2C)cc1. The maximum Gasteiger partial charge on any atom is 0.266 e. The molecule has 1 aromatic heterocycles. The molecule has 0 aliphatic carbocycles. The van der Waals surface area contributed by atoms with Crippen LogP contribution in [0.5, 0.6) is 0 Å². The largest absolute Gasteiger partial charge is 0.390 e. The Hall–Kier alpha value is -2.34. The first-order valence-corrected chi connectivity index (χ1v) is 6.78. The number of thiophene rings is 1. The number of anilines is 2. The van der Waals surface area contributed by atoms with E-state index in [0.717, 1.165) is 16.9 Å². The van der Waals surface area contributed by atoms with E-state index in [1.807, 2.05) is 31.2 Å². The van der Waals surface area contributed by atoms with Gasteiger partial charge in [-0.05, 0) is 31.5 Å². The Bertz CT molecular complexity index is 674. The lowest BCUT2D eigenvalue weighted by atomic mass is 10.1. The Balaban J connectivity index is 2.28. The Morgan fingerprint density at radius 3 is 2.25 bits per heavy atom. The first kappa shape index (κ1) is 14.1. The Kier molecular flexibility index (Phi) is 3.76. The lowest BCUT2D eigenvalue weighted by Gasteiger charge is -2.05. The van der Waals surface area contributed by atoms with Gasteiger partial charge in [-0.2, -0.15) is 0 Å². The normalized spacial score (nSPS) is 10.3. The van der Waals surface area contributed by atoms with E-state index in [-0.39, 0.29) is 16.5 Å². The van der Waals surface area contributed by atoms with Gasteiger partial charge in [-0.1, -0.05) is 17.7 Å². The molecule has 2 aromatic rings. The van der Waals surface area contributed by atoms with Crippen molar-refractivity contribution in [1.82, 2.24) is 0 Å². The van der Waals surface area contributed by atoms with Crippen LogP contribution in [0.25, 0.3) is 0 Å². The highest BCUT2D eigenvalue weighted by molar-refractivity contribution is 7.18. The zero-order valence-corrected chi connectivity index (χ0v) is 12.0. The van der Waals surface area contributed by atoms with Gasteiger partial charge in [0.05, 0.1) is 15.4 Å². The van der Waals surface area contributed by atoms with Crippen molar-refractivity contribution in [2.75, 3.05) is 11.1 Å². The van der Waals surface area contributed by atoms with Gasteiger partial charge >= 0.3 is 0 Å². The zero-order chi connectivity index (χ0) is 14.9. The summed E-state index contributed by atoms with van der Waals surface area (Å²) < 4.78 is 0. The molecule has 0 aliphatic rings. The number of nitrogens with one attached hydrogen (secondary N) is 1. The van der Waals surface area contributed by atoms with Crippen LogP contribution in [0.1, 0.15) is 31.2 Å². The predicted molar refractivity (Wildman–Crippen MR) is 81.1 cm³/mol. The fourth-order valence-corrected chi connectivity index (χ4v) is 2.86. The quantitative estimate of drug-likeness (QED) is 0.808.